The van der Waals surface area contributed by atoms with Crippen LogP contribution in [0.2, 0.25) is 0 Å². The predicted molar refractivity (Wildman–Crippen MR) is 95.3 cm³/mol. The summed E-state index contributed by atoms with van der Waals surface area (Å²) in [5.41, 5.74) is 2.69. The predicted octanol–water partition coefficient (Wildman–Crippen LogP) is 2.88. The van der Waals surface area contributed by atoms with Crippen LogP contribution in [-0.4, -0.2) is 35.1 Å². The molecule has 0 saturated carbocycles. The third-order valence-electron chi connectivity index (χ3n) is 4.21. The molecule has 2 amide bonds. The number of hydrogen-bond acceptors (Lipinski definition) is 4. The lowest BCUT2D eigenvalue weighted by Crippen LogP contribution is -2.46. The molecule has 0 unspecified atom stereocenters. The maximum Gasteiger partial charge on any atom is 0.319 e. The molecule has 2 aromatic rings. The monoisotopic (exact) mass is 325 g/mol. The van der Waals surface area contributed by atoms with E-state index in [1.807, 2.05) is 44.2 Å². The second-order valence-electron chi connectivity index (χ2n) is 6.15. The minimum absolute atomic E-state index is 0.147. The number of hydrogen-bond donors (Lipinski definition) is 2. The zero-order valence-corrected chi connectivity index (χ0v) is 14.1. The number of benzene rings is 1. The smallest absolute Gasteiger partial charge is 0.319 e. The average Bonchev–Trinajstić information content (AvgIpc) is 2.59. The molecular weight excluding hydrogens is 302 g/mol. The number of carbonyl (C=O) groups excluding carboxylic acids is 1. The largest absolute Gasteiger partial charge is 0.355 e. The summed E-state index contributed by atoms with van der Waals surface area (Å²) in [4.78, 5) is 23.3. The quantitative estimate of drug-likeness (QED) is 0.910. The van der Waals surface area contributed by atoms with E-state index in [0.29, 0.717) is 0 Å². The molecule has 0 spiro atoms. The summed E-state index contributed by atoms with van der Waals surface area (Å²) in [5, 5.41) is 5.92. The molecule has 2 heterocycles. The van der Waals surface area contributed by atoms with Crippen LogP contribution in [0.3, 0.4) is 0 Å². The molecule has 1 fully saturated rings. The van der Waals surface area contributed by atoms with Crippen LogP contribution in [0.1, 0.15) is 24.2 Å². The highest BCUT2D eigenvalue weighted by Gasteiger charge is 2.22. The molecule has 1 aliphatic rings. The highest BCUT2D eigenvalue weighted by molar-refractivity contribution is 5.89. The maximum atomic E-state index is 12.1. The summed E-state index contributed by atoms with van der Waals surface area (Å²) in [5.74, 6) is 0.960. The van der Waals surface area contributed by atoms with Crippen LogP contribution >= 0.6 is 0 Å². The molecule has 0 radical (unpaired) electrons. The highest BCUT2D eigenvalue weighted by atomic mass is 16.2. The van der Waals surface area contributed by atoms with Gasteiger partial charge in [-0.15, -0.1) is 0 Å². The van der Waals surface area contributed by atoms with Crippen LogP contribution < -0.4 is 15.5 Å². The fourth-order valence-corrected chi connectivity index (χ4v) is 2.93. The van der Waals surface area contributed by atoms with Gasteiger partial charge in [-0.3, -0.25) is 4.98 Å². The number of nitrogens with zero attached hydrogens (tertiary/aromatic N) is 3. The molecule has 1 aromatic heterocycles. The summed E-state index contributed by atoms with van der Waals surface area (Å²) in [6.45, 7) is 5.68. The van der Waals surface area contributed by atoms with Gasteiger partial charge in [-0.25, -0.2) is 9.78 Å². The highest BCUT2D eigenvalue weighted by Crippen LogP contribution is 2.20. The number of aromatic nitrogens is 2. The van der Waals surface area contributed by atoms with Crippen molar-refractivity contribution in [2.24, 2.45) is 0 Å². The SMILES string of the molecule is Cc1cnc(C)c(N2CCC(NC(=O)Nc3ccccc3)CC2)n1. The Morgan fingerprint density at radius 3 is 2.58 bits per heavy atom. The van der Waals surface area contributed by atoms with Gasteiger partial charge in [0.2, 0.25) is 0 Å². The molecule has 3 rings (SSSR count). The Hall–Kier alpha value is -2.63. The van der Waals surface area contributed by atoms with E-state index < -0.39 is 0 Å². The van der Waals surface area contributed by atoms with Crippen LogP contribution in [0.15, 0.2) is 36.5 Å². The van der Waals surface area contributed by atoms with Gasteiger partial charge in [-0.05, 0) is 38.8 Å². The van der Waals surface area contributed by atoms with Crippen molar-refractivity contribution in [3.8, 4) is 0 Å². The van der Waals surface area contributed by atoms with Crippen molar-refractivity contribution in [2.75, 3.05) is 23.3 Å². The van der Waals surface area contributed by atoms with E-state index in [1.54, 1.807) is 6.20 Å². The van der Waals surface area contributed by atoms with Gasteiger partial charge in [-0.1, -0.05) is 18.2 Å². The van der Waals surface area contributed by atoms with E-state index in [4.69, 9.17) is 0 Å². The summed E-state index contributed by atoms with van der Waals surface area (Å²) in [7, 11) is 0. The molecular formula is C18H23N5O. The van der Waals surface area contributed by atoms with Crippen molar-refractivity contribution >= 4 is 17.5 Å². The molecule has 6 heteroatoms. The van der Waals surface area contributed by atoms with Gasteiger partial charge in [0, 0.05) is 31.0 Å². The lowest BCUT2D eigenvalue weighted by molar-refractivity contribution is 0.246. The number of piperidine rings is 1. The number of para-hydroxylation sites is 1. The first-order valence-corrected chi connectivity index (χ1v) is 8.29. The lowest BCUT2D eigenvalue weighted by Gasteiger charge is -2.33. The average molecular weight is 325 g/mol. The summed E-state index contributed by atoms with van der Waals surface area (Å²) >= 11 is 0. The van der Waals surface area contributed by atoms with Gasteiger partial charge in [0.25, 0.3) is 0 Å². The van der Waals surface area contributed by atoms with Crippen LogP contribution in [0, 0.1) is 13.8 Å². The standard InChI is InChI=1S/C18H23N5O/c1-13-12-19-14(2)17(20-13)23-10-8-16(9-11-23)22-18(24)21-15-6-4-3-5-7-15/h3-7,12,16H,8-11H2,1-2H3,(H2,21,22,24). The Balaban J connectivity index is 1.52. The molecule has 0 atom stereocenters. The minimum Gasteiger partial charge on any atom is -0.355 e. The van der Waals surface area contributed by atoms with Gasteiger partial charge in [0.15, 0.2) is 0 Å². The number of urea groups is 1. The number of nitrogens with one attached hydrogen (secondary N) is 2. The molecule has 1 aliphatic heterocycles. The number of aryl methyl sites for hydroxylation is 2. The van der Waals surface area contributed by atoms with Gasteiger partial charge in [0.1, 0.15) is 5.82 Å². The third kappa shape index (κ3) is 4.01. The van der Waals surface area contributed by atoms with Crippen LogP contribution in [-0.2, 0) is 0 Å². The molecule has 0 aliphatic carbocycles. The lowest BCUT2D eigenvalue weighted by atomic mass is 10.1. The van der Waals surface area contributed by atoms with E-state index in [0.717, 1.165) is 48.8 Å². The van der Waals surface area contributed by atoms with Crippen molar-refractivity contribution in [3.05, 3.63) is 47.9 Å². The van der Waals surface area contributed by atoms with Gasteiger partial charge in [0.05, 0.1) is 11.4 Å². The van der Waals surface area contributed by atoms with E-state index in [2.05, 4.69) is 25.5 Å². The molecule has 1 aromatic carbocycles. The molecule has 24 heavy (non-hydrogen) atoms. The second-order valence-corrected chi connectivity index (χ2v) is 6.15. The summed E-state index contributed by atoms with van der Waals surface area (Å²) < 4.78 is 0. The minimum atomic E-state index is -0.147. The summed E-state index contributed by atoms with van der Waals surface area (Å²) in [6, 6.07) is 9.52. The van der Waals surface area contributed by atoms with Gasteiger partial charge >= 0.3 is 6.03 Å². The van der Waals surface area contributed by atoms with Gasteiger partial charge < -0.3 is 15.5 Å². The fourth-order valence-electron chi connectivity index (χ4n) is 2.93. The van der Waals surface area contributed by atoms with Crippen molar-refractivity contribution in [1.82, 2.24) is 15.3 Å². The third-order valence-corrected chi connectivity index (χ3v) is 4.21. The van der Waals surface area contributed by atoms with E-state index in [1.165, 1.54) is 0 Å². The number of rotatable bonds is 3. The summed E-state index contributed by atoms with van der Waals surface area (Å²) in [6.07, 6.45) is 3.59. The van der Waals surface area contributed by atoms with E-state index >= 15 is 0 Å². The van der Waals surface area contributed by atoms with Crippen molar-refractivity contribution < 1.29 is 4.79 Å². The topological polar surface area (TPSA) is 70.2 Å². The van der Waals surface area contributed by atoms with Crippen molar-refractivity contribution in [3.63, 3.8) is 0 Å². The Labute approximate surface area is 142 Å². The van der Waals surface area contributed by atoms with Crippen LogP contribution in [0.4, 0.5) is 16.3 Å². The number of carbonyl (C=O) groups is 1. The Morgan fingerprint density at radius 2 is 1.88 bits per heavy atom. The molecule has 1 saturated heterocycles. The molecule has 2 N–H and O–H groups in total. The Kier molecular flexibility index (Phi) is 4.93. The zero-order chi connectivity index (χ0) is 16.9. The Morgan fingerprint density at radius 1 is 1.17 bits per heavy atom. The van der Waals surface area contributed by atoms with Crippen LogP contribution in [0.25, 0.3) is 0 Å². The fraction of sp³-hybridized carbons (Fsp3) is 0.389. The van der Waals surface area contributed by atoms with E-state index in [9.17, 15) is 4.79 Å². The number of amides is 2. The maximum absolute atomic E-state index is 12.1. The molecule has 126 valence electrons. The first kappa shape index (κ1) is 16.2. The number of anilines is 2. The van der Waals surface area contributed by atoms with Crippen LogP contribution in [0.5, 0.6) is 0 Å². The van der Waals surface area contributed by atoms with E-state index in [-0.39, 0.29) is 12.1 Å². The molecule has 0 bridgehead atoms. The normalized spacial score (nSPS) is 15.2. The second kappa shape index (κ2) is 7.29. The Bertz CT molecular complexity index is 696. The first-order valence-electron chi connectivity index (χ1n) is 8.29. The molecule has 6 nitrogen and oxygen atoms in total. The van der Waals surface area contributed by atoms with Gasteiger partial charge in [-0.2, -0.15) is 0 Å². The van der Waals surface area contributed by atoms with Crippen molar-refractivity contribution in [2.45, 2.75) is 32.7 Å². The van der Waals surface area contributed by atoms with Crippen molar-refractivity contribution in [1.29, 1.82) is 0 Å². The zero-order valence-electron chi connectivity index (χ0n) is 14.1. The first-order chi connectivity index (χ1) is 11.6.